The molecule has 0 saturated heterocycles. The van der Waals surface area contributed by atoms with Crippen molar-refractivity contribution in [2.75, 3.05) is 24.5 Å². The molecular formula is C30H34Cl3N3O5S. The molecule has 0 heterocycles. The molecule has 8 nitrogen and oxygen atoms in total. The number of aryl methyl sites for hydroxylation is 1. The highest BCUT2D eigenvalue weighted by Crippen LogP contribution is 2.33. The summed E-state index contributed by atoms with van der Waals surface area (Å²) in [6.07, 6.45) is 0.968. The number of amides is 2. The molecule has 0 aliphatic rings. The van der Waals surface area contributed by atoms with Gasteiger partial charge < -0.3 is 15.0 Å². The molecule has 226 valence electrons. The minimum absolute atomic E-state index is 0.0127. The molecule has 1 N–H and O–H groups in total. The van der Waals surface area contributed by atoms with Crippen LogP contribution in [0.25, 0.3) is 0 Å². The van der Waals surface area contributed by atoms with Crippen LogP contribution in [0.4, 0.5) is 5.69 Å². The number of ether oxygens (including phenoxy) is 1. The van der Waals surface area contributed by atoms with Crippen LogP contribution in [0.2, 0.25) is 15.1 Å². The number of nitrogens with zero attached hydrogens (tertiary/aromatic N) is 2. The van der Waals surface area contributed by atoms with Crippen LogP contribution in [0, 0.1) is 6.92 Å². The number of hydrogen-bond donors (Lipinski definition) is 1. The van der Waals surface area contributed by atoms with E-state index in [1.807, 2.05) is 13.8 Å². The Kier molecular flexibility index (Phi) is 11.9. The number of sulfonamides is 1. The minimum atomic E-state index is -4.26. The molecule has 1 atom stereocenters. The third-order valence-electron chi connectivity index (χ3n) is 6.64. The summed E-state index contributed by atoms with van der Waals surface area (Å²) < 4.78 is 34.2. The Labute approximate surface area is 262 Å². The van der Waals surface area contributed by atoms with E-state index in [1.54, 1.807) is 37.3 Å². The number of benzene rings is 3. The van der Waals surface area contributed by atoms with Crippen molar-refractivity contribution < 1.29 is 22.7 Å². The molecule has 0 bridgehead atoms. The molecule has 42 heavy (non-hydrogen) atoms. The normalized spacial score (nSPS) is 12.0. The fourth-order valence-electron chi connectivity index (χ4n) is 4.32. The van der Waals surface area contributed by atoms with Gasteiger partial charge in [0.1, 0.15) is 18.3 Å². The van der Waals surface area contributed by atoms with Crippen molar-refractivity contribution in [1.29, 1.82) is 0 Å². The summed E-state index contributed by atoms with van der Waals surface area (Å²) in [6, 6.07) is 14.8. The van der Waals surface area contributed by atoms with Gasteiger partial charge in [0.15, 0.2) is 0 Å². The zero-order valence-electron chi connectivity index (χ0n) is 23.9. The highest BCUT2D eigenvalue weighted by Gasteiger charge is 2.34. The van der Waals surface area contributed by atoms with Gasteiger partial charge in [0.2, 0.25) is 11.8 Å². The second-order valence-electron chi connectivity index (χ2n) is 9.58. The third kappa shape index (κ3) is 7.89. The first kappa shape index (κ1) is 33.5. The molecule has 0 aliphatic carbocycles. The van der Waals surface area contributed by atoms with Gasteiger partial charge in [-0.2, -0.15) is 0 Å². The average molecular weight is 655 g/mol. The van der Waals surface area contributed by atoms with Crippen LogP contribution in [0.3, 0.4) is 0 Å². The van der Waals surface area contributed by atoms with Gasteiger partial charge in [-0.1, -0.05) is 72.4 Å². The van der Waals surface area contributed by atoms with Gasteiger partial charge in [-0.3, -0.25) is 13.9 Å². The van der Waals surface area contributed by atoms with E-state index >= 15 is 0 Å². The van der Waals surface area contributed by atoms with Gasteiger partial charge in [-0.25, -0.2) is 8.42 Å². The second-order valence-corrected chi connectivity index (χ2v) is 12.7. The molecule has 0 spiro atoms. The van der Waals surface area contributed by atoms with Crippen molar-refractivity contribution in [2.24, 2.45) is 0 Å². The summed E-state index contributed by atoms with van der Waals surface area (Å²) in [4.78, 5) is 28.7. The van der Waals surface area contributed by atoms with Crippen molar-refractivity contribution >= 4 is 62.3 Å². The lowest BCUT2D eigenvalue weighted by Crippen LogP contribution is -2.52. The molecule has 2 amide bonds. The molecule has 0 saturated carbocycles. The Balaban J connectivity index is 2.13. The highest BCUT2D eigenvalue weighted by molar-refractivity contribution is 7.92. The summed E-state index contributed by atoms with van der Waals surface area (Å²) in [5.41, 5.74) is 1.46. The van der Waals surface area contributed by atoms with Crippen molar-refractivity contribution in [1.82, 2.24) is 10.2 Å². The van der Waals surface area contributed by atoms with E-state index in [2.05, 4.69) is 5.32 Å². The first-order chi connectivity index (χ1) is 19.9. The molecule has 1 unspecified atom stereocenters. The summed E-state index contributed by atoms with van der Waals surface area (Å²) in [6.45, 7) is 5.21. The quantitative estimate of drug-likeness (QED) is 0.227. The molecule has 0 fully saturated rings. The average Bonchev–Trinajstić information content (AvgIpc) is 2.96. The molecule has 3 aromatic rings. The van der Waals surface area contributed by atoms with Gasteiger partial charge >= 0.3 is 0 Å². The first-order valence-corrected chi connectivity index (χ1v) is 15.9. The molecule has 12 heteroatoms. The van der Waals surface area contributed by atoms with Gasteiger partial charge in [0.05, 0.1) is 22.7 Å². The van der Waals surface area contributed by atoms with Crippen molar-refractivity contribution in [3.05, 3.63) is 86.9 Å². The van der Waals surface area contributed by atoms with E-state index < -0.39 is 28.5 Å². The fraction of sp³-hybridized carbons (Fsp3) is 0.333. The molecule has 3 rings (SSSR count). The predicted octanol–water partition coefficient (Wildman–Crippen LogP) is 6.49. The van der Waals surface area contributed by atoms with Crippen LogP contribution < -0.4 is 14.4 Å². The Hall–Kier alpha value is -2.98. The topological polar surface area (TPSA) is 96.0 Å². The van der Waals surface area contributed by atoms with E-state index in [0.717, 1.165) is 9.87 Å². The molecule has 3 aromatic carbocycles. The lowest BCUT2D eigenvalue weighted by Gasteiger charge is -2.33. The summed E-state index contributed by atoms with van der Waals surface area (Å²) in [5.74, 6) is -0.656. The number of nitrogens with one attached hydrogen (secondary N) is 1. The minimum Gasteiger partial charge on any atom is -0.495 e. The first-order valence-electron chi connectivity index (χ1n) is 13.4. The monoisotopic (exact) mass is 653 g/mol. The number of carbonyl (C=O) groups excluding carboxylic acids is 2. The zero-order valence-corrected chi connectivity index (χ0v) is 26.9. The molecule has 0 aromatic heterocycles. The van der Waals surface area contributed by atoms with Crippen LogP contribution in [-0.4, -0.2) is 51.4 Å². The second kappa shape index (κ2) is 15.0. The maximum atomic E-state index is 14.2. The molecule has 0 radical (unpaired) electrons. The Bertz CT molecular complexity index is 1500. The van der Waals surface area contributed by atoms with Crippen LogP contribution in [0.5, 0.6) is 5.75 Å². The number of halogens is 3. The third-order valence-corrected chi connectivity index (χ3v) is 9.43. The SMILES string of the molecule is CCCNC(=O)C(CC)N(Cc1c(Cl)cccc1Cl)C(=O)CN(c1ccc(OC)c(Cl)c1)S(=O)(=O)c1ccc(C)cc1. The number of hydrogen-bond acceptors (Lipinski definition) is 5. The molecular weight excluding hydrogens is 621 g/mol. The van der Waals surface area contributed by atoms with Gasteiger partial charge in [0, 0.05) is 28.7 Å². The maximum absolute atomic E-state index is 14.2. The summed E-state index contributed by atoms with van der Waals surface area (Å²) >= 11 is 19.3. The van der Waals surface area contributed by atoms with Gasteiger partial charge in [0.25, 0.3) is 10.0 Å². The van der Waals surface area contributed by atoms with E-state index in [1.165, 1.54) is 42.3 Å². The van der Waals surface area contributed by atoms with Crippen LogP contribution >= 0.6 is 34.8 Å². The van der Waals surface area contributed by atoms with Crippen LogP contribution in [0.1, 0.15) is 37.8 Å². The Morgan fingerprint density at radius 1 is 0.952 bits per heavy atom. The van der Waals surface area contributed by atoms with Crippen molar-refractivity contribution in [3.63, 3.8) is 0 Å². The van der Waals surface area contributed by atoms with Gasteiger partial charge in [-0.15, -0.1) is 0 Å². The zero-order chi connectivity index (χ0) is 31.0. The van der Waals surface area contributed by atoms with E-state index in [-0.39, 0.29) is 34.5 Å². The summed E-state index contributed by atoms with van der Waals surface area (Å²) in [7, 11) is -2.82. The van der Waals surface area contributed by atoms with Gasteiger partial charge in [-0.05, 0) is 62.2 Å². The highest BCUT2D eigenvalue weighted by atomic mass is 35.5. The maximum Gasteiger partial charge on any atom is 0.264 e. The Morgan fingerprint density at radius 2 is 1.60 bits per heavy atom. The van der Waals surface area contributed by atoms with Crippen LogP contribution in [0.15, 0.2) is 65.6 Å². The van der Waals surface area contributed by atoms with Crippen molar-refractivity contribution in [2.45, 2.75) is 51.1 Å². The summed E-state index contributed by atoms with van der Waals surface area (Å²) in [5, 5.41) is 3.63. The van der Waals surface area contributed by atoms with E-state index in [4.69, 9.17) is 39.5 Å². The number of rotatable bonds is 13. The van der Waals surface area contributed by atoms with E-state index in [9.17, 15) is 18.0 Å². The molecule has 0 aliphatic heterocycles. The standard InChI is InChI=1S/C30H34Cl3N3O5S/c1-5-16-34-30(38)27(6-2)35(18-23-24(31)8-7-9-25(23)32)29(37)19-36(21-12-15-28(41-4)26(33)17-21)42(39,40)22-13-10-20(3)11-14-22/h7-15,17,27H,5-6,16,18-19H2,1-4H3,(H,34,38). The lowest BCUT2D eigenvalue weighted by atomic mass is 10.1. The lowest BCUT2D eigenvalue weighted by molar-refractivity contribution is -0.140. The van der Waals surface area contributed by atoms with E-state index in [0.29, 0.717) is 34.3 Å². The number of methoxy groups -OCH3 is 1. The van der Waals surface area contributed by atoms with Crippen LogP contribution in [-0.2, 0) is 26.2 Å². The largest absolute Gasteiger partial charge is 0.495 e. The Morgan fingerprint density at radius 3 is 2.14 bits per heavy atom. The number of carbonyl (C=O) groups is 2. The number of anilines is 1. The fourth-order valence-corrected chi connectivity index (χ4v) is 6.49. The smallest absolute Gasteiger partial charge is 0.264 e. The predicted molar refractivity (Wildman–Crippen MR) is 168 cm³/mol. The van der Waals surface area contributed by atoms with Crippen molar-refractivity contribution in [3.8, 4) is 5.75 Å².